The minimum atomic E-state index is -1.21. The molecule has 1 aliphatic rings. The Morgan fingerprint density at radius 2 is 1.80 bits per heavy atom. The molecule has 3 aromatic carbocycles. The lowest BCUT2D eigenvalue weighted by Gasteiger charge is -2.14. The first-order valence-electron chi connectivity index (χ1n) is 11.0. The lowest BCUT2D eigenvalue weighted by atomic mass is 10.1. The molecule has 35 heavy (non-hydrogen) atoms. The van der Waals surface area contributed by atoms with E-state index in [1.807, 2.05) is 32.1 Å². The maximum Gasteiger partial charge on any atom is 0.311 e. The first kappa shape index (κ1) is 24.8. The highest BCUT2D eigenvalue weighted by molar-refractivity contribution is 6.48. The van der Waals surface area contributed by atoms with Crippen molar-refractivity contribution in [3.05, 3.63) is 101 Å². The molecule has 0 unspecified atom stereocenters. The zero-order valence-electron chi connectivity index (χ0n) is 19.0. The van der Waals surface area contributed by atoms with Crippen molar-refractivity contribution in [2.45, 2.75) is 20.0 Å². The van der Waals surface area contributed by atoms with Crippen molar-refractivity contribution in [1.29, 1.82) is 5.26 Å². The van der Waals surface area contributed by atoms with Gasteiger partial charge in [0.05, 0.1) is 5.92 Å². The van der Waals surface area contributed by atoms with Crippen molar-refractivity contribution in [1.82, 2.24) is 0 Å². The highest BCUT2D eigenvalue weighted by Gasteiger charge is 2.62. The number of benzene rings is 3. The van der Waals surface area contributed by atoms with Gasteiger partial charge in [-0.15, -0.1) is 0 Å². The number of rotatable bonds is 7. The Balaban J connectivity index is 1.49. The molecule has 0 amide bonds. The van der Waals surface area contributed by atoms with Crippen LogP contribution in [0.5, 0.6) is 11.5 Å². The average Bonchev–Trinajstić information content (AvgIpc) is 3.39. The normalized spacial score (nSPS) is 19.4. The van der Waals surface area contributed by atoms with Gasteiger partial charge in [-0.2, -0.15) is 5.26 Å². The van der Waals surface area contributed by atoms with Crippen LogP contribution in [0.25, 0.3) is 5.03 Å². The van der Waals surface area contributed by atoms with Crippen molar-refractivity contribution >= 4 is 34.2 Å². The molecule has 0 saturated heterocycles. The zero-order chi connectivity index (χ0) is 25.2. The summed E-state index contributed by atoms with van der Waals surface area (Å²) in [6, 6.07) is 21.7. The lowest BCUT2D eigenvalue weighted by Crippen LogP contribution is -2.14. The summed E-state index contributed by atoms with van der Waals surface area (Å²) in [5.41, 5.74) is 0.713. The molecule has 178 valence electrons. The van der Waals surface area contributed by atoms with Crippen LogP contribution in [0.3, 0.4) is 0 Å². The molecule has 0 aliphatic heterocycles. The standard InChI is InChI=1S/C28H22Cl2FNO3/c1-28(2)21(15-22(30)17-8-11-19(29)12-9-17)26(28)27(33)35-25(16-32)18-10-13-23(31)24(14-18)34-20-6-4-3-5-7-20/h3-15,21,25-26H,1-2H3/t21-,25+,26+/m1/s1. The van der Waals surface area contributed by atoms with Crippen molar-refractivity contribution < 1.29 is 18.7 Å². The van der Waals surface area contributed by atoms with Crippen molar-refractivity contribution in [2.24, 2.45) is 17.3 Å². The molecule has 3 atom stereocenters. The van der Waals surface area contributed by atoms with Gasteiger partial charge in [-0.05, 0) is 53.3 Å². The molecule has 0 radical (unpaired) electrons. The van der Waals surface area contributed by atoms with E-state index in [4.69, 9.17) is 32.7 Å². The number of para-hydroxylation sites is 1. The number of nitriles is 1. The number of halogens is 3. The van der Waals surface area contributed by atoms with Crippen LogP contribution in [0, 0.1) is 34.4 Å². The first-order valence-corrected chi connectivity index (χ1v) is 11.7. The van der Waals surface area contributed by atoms with Crippen LogP contribution in [0.4, 0.5) is 4.39 Å². The Bertz CT molecular complexity index is 1300. The number of ether oxygens (including phenoxy) is 2. The zero-order valence-corrected chi connectivity index (χ0v) is 20.6. The highest BCUT2D eigenvalue weighted by Crippen LogP contribution is 2.60. The SMILES string of the molecule is CC1(C)[C@H](C=C(Cl)c2ccc(Cl)cc2)[C@H]1C(=O)O[C@@H](C#N)c1ccc(F)c(Oc2ccccc2)c1. The van der Waals surface area contributed by atoms with Gasteiger partial charge in [0.1, 0.15) is 11.8 Å². The third-order valence-electron chi connectivity index (χ3n) is 6.19. The van der Waals surface area contributed by atoms with Crippen LogP contribution in [0.15, 0.2) is 78.9 Å². The van der Waals surface area contributed by atoms with E-state index in [1.54, 1.807) is 48.5 Å². The van der Waals surface area contributed by atoms with E-state index in [2.05, 4.69) is 0 Å². The summed E-state index contributed by atoms with van der Waals surface area (Å²) in [5.74, 6) is -1.36. The second-order valence-electron chi connectivity index (χ2n) is 8.90. The predicted octanol–water partition coefficient (Wildman–Crippen LogP) is 7.93. The average molecular weight is 510 g/mol. The first-order chi connectivity index (χ1) is 16.7. The monoisotopic (exact) mass is 509 g/mol. The maximum absolute atomic E-state index is 14.3. The van der Waals surface area contributed by atoms with Crippen LogP contribution in [-0.4, -0.2) is 5.97 Å². The van der Waals surface area contributed by atoms with E-state index >= 15 is 0 Å². The molecular formula is C28H22Cl2FNO3. The van der Waals surface area contributed by atoms with Crippen molar-refractivity contribution in [2.75, 3.05) is 0 Å². The molecule has 1 fully saturated rings. The fourth-order valence-electron chi connectivity index (χ4n) is 4.04. The molecule has 4 nitrogen and oxygen atoms in total. The van der Waals surface area contributed by atoms with Crippen LogP contribution >= 0.6 is 23.2 Å². The minimum Gasteiger partial charge on any atom is -0.454 e. The van der Waals surface area contributed by atoms with Gasteiger partial charge in [0, 0.05) is 15.6 Å². The van der Waals surface area contributed by atoms with Gasteiger partial charge in [-0.1, -0.05) is 79.5 Å². The molecule has 0 N–H and O–H groups in total. The van der Waals surface area contributed by atoms with Crippen molar-refractivity contribution in [3.63, 3.8) is 0 Å². The molecule has 1 aliphatic carbocycles. The summed E-state index contributed by atoms with van der Waals surface area (Å²) in [7, 11) is 0. The quantitative estimate of drug-likeness (QED) is 0.303. The minimum absolute atomic E-state index is 0.0627. The van der Waals surface area contributed by atoms with E-state index in [0.29, 0.717) is 21.4 Å². The van der Waals surface area contributed by atoms with E-state index in [1.165, 1.54) is 18.2 Å². The van der Waals surface area contributed by atoms with E-state index in [9.17, 15) is 14.4 Å². The lowest BCUT2D eigenvalue weighted by molar-refractivity contribution is -0.149. The number of carbonyl (C=O) groups is 1. The molecule has 3 aromatic rings. The summed E-state index contributed by atoms with van der Waals surface area (Å²) in [6.45, 7) is 3.88. The molecule has 7 heteroatoms. The third kappa shape index (κ3) is 5.51. The fourth-order valence-corrected chi connectivity index (χ4v) is 4.42. The number of allylic oxidation sites excluding steroid dienone is 1. The molecule has 1 saturated carbocycles. The van der Waals surface area contributed by atoms with E-state index < -0.39 is 29.2 Å². The summed E-state index contributed by atoms with van der Waals surface area (Å²) in [4.78, 5) is 13.0. The molecule has 0 aromatic heterocycles. The Morgan fingerprint density at radius 3 is 2.46 bits per heavy atom. The smallest absolute Gasteiger partial charge is 0.311 e. The molecule has 0 spiro atoms. The summed E-state index contributed by atoms with van der Waals surface area (Å²) >= 11 is 12.4. The van der Waals surface area contributed by atoms with Crippen molar-refractivity contribution in [3.8, 4) is 17.6 Å². The summed E-state index contributed by atoms with van der Waals surface area (Å²) in [6.07, 6.45) is 0.621. The Labute approximate surface area is 213 Å². The topological polar surface area (TPSA) is 59.3 Å². The summed E-state index contributed by atoms with van der Waals surface area (Å²) in [5, 5.41) is 10.8. The van der Waals surface area contributed by atoms with Crippen LogP contribution in [0.2, 0.25) is 5.02 Å². The molecule has 0 heterocycles. The van der Waals surface area contributed by atoms with Gasteiger partial charge in [-0.3, -0.25) is 4.79 Å². The second-order valence-corrected chi connectivity index (χ2v) is 9.74. The largest absolute Gasteiger partial charge is 0.454 e. The van der Waals surface area contributed by atoms with Gasteiger partial charge in [0.25, 0.3) is 0 Å². The Hall–Kier alpha value is -3.33. The number of hydrogen-bond donors (Lipinski definition) is 0. The van der Waals surface area contributed by atoms with Gasteiger partial charge >= 0.3 is 5.97 Å². The van der Waals surface area contributed by atoms with E-state index in [-0.39, 0.29) is 11.7 Å². The number of hydrogen-bond acceptors (Lipinski definition) is 4. The number of esters is 1. The third-order valence-corrected chi connectivity index (χ3v) is 6.79. The van der Waals surface area contributed by atoms with Gasteiger partial charge < -0.3 is 9.47 Å². The number of nitrogens with zero attached hydrogens (tertiary/aromatic N) is 1. The van der Waals surface area contributed by atoms with E-state index in [0.717, 1.165) is 5.56 Å². The van der Waals surface area contributed by atoms with Gasteiger partial charge in [0.15, 0.2) is 11.6 Å². The second kappa shape index (κ2) is 10.1. The number of carbonyl (C=O) groups excluding carboxylic acids is 1. The maximum atomic E-state index is 14.3. The Kier molecular flexibility index (Phi) is 7.16. The van der Waals surface area contributed by atoms with Gasteiger partial charge in [0.2, 0.25) is 6.10 Å². The Morgan fingerprint density at radius 1 is 1.11 bits per heavy atom. The molecular weight excluding hydrogens is 488 g/mol. The highest BCUT2D eigenvalue weighted by atomic mass is 35.5. The molecule has 4 rings (SSSR count). The predicted molar refractivity (Wildman–Crippen MR) is 133 cm³/mol. The van der Waals surface area contributed by atoms with Crippen LogP contribution in [-0.2, 0) is 9.53 Å². The summed E-state index contributed by atoms with van der Waals surface area (Å²) < 4.78 is 25.5. The van der Waals surface area contributed by atoms with Crippen LogP contribution in [0.1, 0.15) is 31.1 Å². The van der Waals surface area contributed by atoms with Crippen LogP contribution < -0.4 is 4.74 Å². The molecule has 0 bridgehead atoms. The van der Waals surface area contributed by atoms with Gasteiger partial charge in [-0.25, -0.2) is 4.39 Å². The fraction of sp³-hybridized carbons (Fsp3) is 0.214.